The Bertz CT molecular complexity index is 348. The summed E-state index contributed by atoms with van der Waals surface area (Å²) < 4.78 is 18.9. The van der Waals surface area contributed by atoms with Crippen LogP contribution >= 0.6 is 0 Å². The van der Waals surface area contributed by atoms with Gasteiger partial charge in [0, 0.05) is 12.0 Å². The van der Waals surface area contributed by atoms with Crippen molar-refractivity contribution in [3.05, 3.63) is 30.1 Å². The molecule has 2 nitrogen and oxygen atoms in total. The third-order valence-corrected chi connectivity index (χ3v) is 3.47. The molecule has 1 saturated carbocycles. The number of hydrogen-bond acceptors (Lipinski definition) is 2. The molecule has 3 heteroatoms. The molecular formula is C13H18FNO. The van der Waals surface area contributed by atoms with Crippen molar-refractivity contribution in [2.24, 2.45) is 11.1 Å². The van der Waals surface area contributed by atoms with Crippen LogP contribution in [0.1, 0.15) is 25.7 Å². The lowest BCUT2D eigenvalue weighted by Gasteiger charge is -2.27. The zero-order valence-corrected chi connectivity index (χ0v) is 9.42. The molecule has 1 aliphatic carbocycles. The molecule has 0 bridgehead atoms. The van der Waals surface area contributed by atoms with Crippen LogP contribution in [0, 0.1) is 11.2 Å². The van der Waals surface area contributed by atoms with Crippen LogP contribution in [0.25, 0.3) is 0 Å². The highest BCUT2D eigenvalue weighted by molar-refractivity contribution is 5.23. The van der Waals surface area contributed by atoms with Crippen LogP contribution in [0.15, 0.2) is 24.3 Å². The SMILES string of the molecule is NCC1(COc2ccccc2F)CCCC1. The Morgan fingerprint density at radius 1 is 1.25 bits per heavy atom. The number of rotatable bonds is 4. The summed E-state index contributed by atoms with van der Waals surface area (Å²) in [5, 5.41) is 0. The summed E-state index contributed by atoms with van der Waals surface area (Å²) in [5.74, 6) is 0.0369. The van der Waals surface area contributed by atoms with Crippen LogP contribution in [0.2, 0.25) is 0 Å². The van der Waals surface area contributed by atoms with Gasteiger partial charge < -0.3 is 10.5 Å². The Hall–Kier alpha value is -1.09. The predicted octanol–water partition coefficient (Wildman–Crippen LogP) is 2.72. The average molecular weight is 223 g/mol. The van der Waals surface area contributed by atoms with E-state index in [9.17, 15) is 4.39 Å². The average Bonchev–Trinajstić information content (AvgIpc) is 2.78. The zero-order valence-electron chi connectivity index (χ0n) is 9.42. The van der Waals surface area contributed by atoms with Gasteiger partial charge in [0.05, 0.1) is 6.61 Å². The summed E-state index contributed by atoms with van der Waals surface area (Å²) in [4.78, 5) is 0. The van der Waals surface area contributed by atoms with Gasteiger partial charge in [-0.25, -0.2) is 4.39 Å². The van der Waals surface area contributed by atoms with E-state index in [0.717, 1.165) is 12.8 Å². The molecule has 16 heavy (non-hydrogen) atoms. The number of nitrogens with two attached hydrogens (primary N) is 1. The van der Waals surface area contributed by atoms with Gasteiger partial charge in [0.2, 0.25) is 0 Å². The van der Waals surface area contributed by atoms with Gasteiger partial charge in [-0.3, -0.25) is 0 Å². The largest absolute Gasteiger partial charge is 0.490 e. The lowest BCUT2D eigenvalue weighted by Crippen LogP contribution is -2.33. The van der Waals surface area contributed by atoms with Gasteiger partial charge in [0.25, 0.3) is 0 Å². The molecule has 2 rings (SSSR count). The number of ether oxygens (including phenoxy) is 1. The molecule has 2 N–H and O–H groups in total. The highest BCUT2D eigenvalue weighted by atomic mass is 19.1. The Kier molecular flexibility index (Phi) is 3.44. The first-order valence-electron chi connectivity index (χ1n) is 5.83. The van der Waals surface area contributed by atoms with Gasteiger partial charge in [-0.1, -0.05) is 25.0 Å². The van der Waals surface area contributed by atoms with Crippen molar-refractivity contribution >= 4 is 0 Å². The van der Waals surface area contributed by atoms with E-state index in [2.05, 4.69) is 0 Å². The van der Waals surface area contributed by atoms with Gasteiger partial charge in [-0.05, 0) is 25.0 Å². The molecule has 0 radical (unpaired) electrons. The molecule has 1 aromatic rings. The Morgan fingerprint density at radius 2 is 1.94 bits per heavy atom. The van der Waals surface area contributed by atoms with E-state index in [1.807, 2.05) is 0 Å². The molecular weight excluding hydrogens is 205 g/mol. The maximum atomic E-state index is 13.3. The second-order valence-electron chi connectivity index (χ2n) is 4.63. The number of para-hydroxylation sites is 1. The molecule has 1 aliphatic rings. The minimum atomic E-state index is -0.298. The number of benzene rings is 1. The van der Waals surface area contributed by atoms with Crippen LogP contribution in [0.3, 0.4) is 0 Å². The predicted molar refractivity (Wildman–Crippen MR) is 61.9 cm³/mol. The second kappa shape index (κ2) is 4.83. The summed E-state index contributed by atoms with van der Waals surface area (Å²) in [6.07, 6.45) is 4.60. The summed E-state index contributed by atoms with van der Waals surface area (Å²) in [5.41, 5.74) is 5.87. The van der Waals surface area contributed by atoms with Gasteiger partial charge in [0.1, 0.15) is 0 Å². The molecule has 1 aromatic carbocycles. The molecule has 0 atom stereocenters. The summed E-state index contributed by atoms with van der Waals surface area (Å²) >= 11 is 0. The highest BCUT2D eigenvalue weighted by Crippen LogP contribution is 2.37. The number of hydrogen-bond donors (Lipinski definition) is 1. The molecule has 0 saturated heterocycles. The maximum absolute atomic E-state index is 13.3. The van der Waals surface area contributed by atoms with E-state index < -0.39 is 0 Å². The minimum absolute atomic E-state index is 0.0717. The summed E-state index contributed by atoms with van der Waals surface area (Å²) in [6.45, 7) is 1.16. The van der Waals surface area contributed by atoms with E-state index in [1.54, 1.807) is 18.2 Å². The second-order valence-corrected chi connectivity index (χ2v) is 4.63. The first kappa shape index (κ1) is 11.4. The van der Waals surface area contributed by atoms with Crippen molar-refractivity contribution in [3.8, 4) is 5.75 Å². The van der Waals surface area contributed by atoms with Gasteiger partial charge in [0.15, 0.2) is 11.6 Å². The molecule has 0 amide bonds. The van der Waals surface area contributed by atoms with Crippen molar-refractivity contribution in [1.29, 1.82) is 0 Å². The smallest absolute Gasteiger partial charge is 0.165 e. The van der Waals surface area contributed by atoms with Crippen molar-refractivity contribution in [1.82, 2.24) is 0 Å². The fraction of sp³-hybridized carbons (Fsp3) is 0.538. The standard InChI is InChI=1S/C13H18FNO/c14-11-5-1-2-6-12(11)16-10-13(9-15)7-3-4-8-13/h1-2,5-6H,3-4,7-10,15H2. The summed E-state index contributed by atoms with van der Waals surface area (Å²) in [6, 6.07) is 6.52. The van der Waals surface area contributed by atoms with Crippen LogP contribution in [-0.4, -0.2) is 13.2 Å². The first-order valence-corrected chi connectivity index (χ1v) is 5.83. The van der Waals surface area contributed by atoms with Gasteiger partial charge >= 0.3 is 0 Å². The molecule has 0 heterocycles. The number of halogens is 1. The Labute approximate surface area is 95.6 Å². The quantitative estimate of drug-likeness (QED) is 0.851. The van der Waals surface area contributed by atoms with E-state index in [1.165, 1.54) is 18.9 Å². The van der Waals surface area contributed by atoms with Crippen molar-refractivity contribution in [2.75, 3.05) is 13.2 Å². The third-order valence-electron chi connectivity index (χ3n) is 3.47. The van der Waals surface area contributed by atoms with Gasteiger partial charge in [-0.15, -0.1) is 0 Å². The first-order chi connectivity index (χ1) is 7.76. The molecule has 0 spiro atoms. The highest BCUT2D eigenvalue weighted by Gasteiger charge is 2.33. The normalized spacial score (nSPS) is 18.6. The van der Waals surface area contributed by atoms with Crippen molar-refractivity contribution in [3.63, 3.8) is 0 Å². The van der Waals surface area contributed by atoms with Gasteiger partial charge in [-0.2, -0.15) is 0 Å². The Morgan fingerprint density at radius 3 is 2.56 bits per heavy atom. The maximum Gasteiger partial charge on any atom is 0.165 e. The molecule has 0 aromatic heterocycles. The van der Waals surface area contributed by atoms with Crippen molar-refractivity contribution in [2.45, 2.75) is 25.7 Å². The Balaban J connectivity index is 1.98. The topological polar surface area (TPSA) is 35.2 Å². The van der Waals surface area contributed by atoms with Crippen LogP contribution in [0.4, 0.5) is 4.39 Å². The lowest BCUT2D eigenvalue weighted by molar-refractivity contribution is 0.152. The van der Waals surface area contributed by atoms with Crippen molar-refractivity contribution < 1.29 is 9.13 Å². The van der Waals surface area contributed by atoms with E-state index in [-0.39, 0.29) is 11.2 Å². The zero-order chi connectivity index (χ0) is 11.4. The molecule has 0 unspecified atom stereocenters. The summed E-state index contributed by atoms with van der Waals surface area (Å²) in [7, 11) is 0. The van der Waals surface area contributed by atoms with E-state index >= 15 is 0 Å². The molecule has 0 aliphatic heterocycles. The minimum Gasteiger partial charge on any atom is -0.490 e. The fourth-order valence-corrected chi connectivity index (χ4v) is 2.33. The van der Waals surface area contributed by atoms with Crippen LogP contribution < -0.4 is 10.5 Å². The fourth-order valence-electron chi connectivity index (χ4n) is 2.33. The van der Waals surface area contributed by atoms with Crippen LogP contribution in [-0.2, 0) is 0 Å². The van der Waals surface area contributed by atoms with E-state index in [0.29, 0.717) is 18.9 Å². The monoisotopic (exact) mass is 223 g/mol. The van der Waals surface area contributed by atoms with Crippen LogP contribution in [0.5, 0.6) is 5.75 Å². The lowest BCUT2D eigenvalue weighted by atomic mass is 9.87. The third kappa shape index (κ3) is 2.35. The molecule has 1 fully saturated rings. The molecule has 88 valence electrons. The van der Waals surface area contributed by atoms with E-state index in [4.69, 9.17) is 10.5 Å².